The molecule has 0 unspecified atom stereocenters. The first-order valence-electron chi connectivity index (χ1n) is 10.1. The SMILES string of the molecule is O=C(NCC1CN(c2cc3c(nn2)CCCC3)C1)c1cnn(-c2ccccc2)n1. The van der Waals surface area contributed by atoms with E-state index in [9.17, 15) is 4.79 Å². The first-order valence-corrected chi connectivity index (χ1v) is 10.1. The molecule has 1 aliphatic carbocycles. The maximum atomic E-state index is 12.4. The number of para-hydroxylation sites is 1. The molecule has 0 radical (unpaired) electrons. The predicted molar refractivity (Wildman–Crippen MR) is 108 cm³/mol. The lowest BCUT2D eigenvalue weighted by atomic mass is 9.95. The van der Waals surface area contributed by atoms with Gasteiger partial charge >= 0.3 is 0 Å². The quantitative estimate of drug-likeness (QED) is 0.716. The summed E-state index contributed by atoms with van der Waals surface area (Å²) in [6, 6.07) is 11.7. The minimum atomic E-state index is -0.195. The van der Waals surface area contributed by atoms with Crippen LogP contribution in [-0.2, 0) is 12.8 Å². The number of carbonyl (C=O) groups is 1. The molecule has 0 saturated carbocycles. The molecule has 0 spiro atoms. The van der Waals surface area contributed by atoms with Crippen LogP contribution >= 0.6 is 0 Å². The van der Waals surface area contributed by atoms with Crippen LogP contribution in [-0.4, -0.2) is 50.7 Å². The number of aromatic nitrogens is 5. The van der Waals surface area contributed by atoms with Gasteiger partial charge < -0.3 is 10.2 Å². The van der Waals surface area contributed by atoms with Crippen LogP contribution in [0.25, 0.3) is 5.69 Å². The second-order valence-corrected chi connectivity index (χ2v) is 7.72. The van der Waals surface area contributed by atoms with Crippen molar-refractivity contribution in [2.75, 3.05) is 24.5 Å². The molecule has 0 bridgehead atoms. The van der Waals surface area contributed by atoms with Gasteiger partial charge in [0, 0.05) is 25.6 Å². The largest absolute Gasteiger partial charge is 0.354 e. The average Bonchev–Trinajstić information content (AvgIpc) is 3.23. The van der Waals surface area contributed by atoms with Gasteiger partial charge in [-0.25, -0.2) is 0 Å². The number of benzene rings is 1. The highest BCUT2D eigenvalue weighted by molar-refractivity contribution is 5.91. The van der Waals surface area contributed by atoms with E-state index in [1.165, 1.54) is 29.4 Å². The maximum absolute atomic E-state index is 12.4. The Bertz CT molecular complexity index is 1010. The summed E-state index contributed by atoms with van der Waals surface area (Å²) >= 11 is 0. The van der Waals surface area contributed by atoms with Crippen LogP contribution in [0.4, 0.5) is 5.82 Å². The monoisotopic (exact) mass is 389 g/mol. The molecule has 2 aromatic heterocycles. The summed E-state index contributed by atoms with van der Waals surface area (Å²) in [5, 5.41) is 20.2. The maximum Gasteiger partial charge on any atom is 0.273 e. The Labute approximate surface area is 168 Å². The smallest absolute Gasteiger partial charge is 0.273 e. The molecule has 1 aromatic carbocycles. The molecule has 5 rings (SSSR count). The zero-order valence-electron chi connectivity index (χ0n) is 16.2. The van der Waals surface area contributed by atoms with E-state index in [4.69, 9.17) is 0 Å². The second kappa shape index (κ2) is 7.62. The van der Waals surface area contributed by atoms with Gasteiger partial charge in [-0.1, -0.05) is 18.2 Å². The van der Waals surface area contributed by atoms with Crippen molar-refractivity contribution in [2.45, 2.75) is 25.7 Å². The van der Waals surface area contributed by atoms with E-state index in [1.54, 1.807) is 0 Å². The zero-order valence-corrected chi connectivity index (χ0v) is 16.2. The van der Waals surface area contributed by atoms with Crippen LogP contribution in [0.2, 0.25) is 0 Å². The standard InChI is InChI=1S/C21H23N7O/c29-21(19-12-23-28(26-19)17-7-2-1-3-8-17)22-11-15-13-27(14-15)20-10-16-6-4-5-9-18(16)24-25-20/h1-3,7-8,10,12,15H,4-6,9,11,13-14H2,(H,22,29). The van der Waals surface area contributed by atoms with Crippen molar-refractivity contribution in [1.29, 1.82) is 0 Å². The number of nitrogens with zero attached hydrogens (tertiary/aromatic N) is 6. The number of fused-ring (bicyclic) bond motifs is 1. The number of anilines is 1. The minimum absolute atomic E-state index is 0.195. The fraction of sp³-hybridized carbons (Fsp3) is 0.381. The summed E-state index contributed by atoms with van der Waals surface area (Å²) in [5.74, 6) is 1.17. The number of rotatable bonds is 5. The van der Waals surface area contributed by atoms with Crippen molar-refractivity contribution < 1.29 is 4.79 Å². The molecule has 29 heavy (non-hydrogen) atoms. The van der Waals surface area contributed by atoms with Gasteiger partial charge in [0.25, 0.3) is 5.91 Å². The van der Waals surface area contributed by atoms with E-state index in [-0.39, 0.29) is 5.91 Å². The molecule has 1 aliphatic heterocycles. The Hall–Kier alpha value is -3.29. The highest BCUT2D eigenvalue weighted by Gasteiger charge is 2.29. The molecule has 1 N–H and O–H groups in total. The Morgan fingerprint density at radius 2 is 1.93 bits per heavy atom. The molecule has 8 heteroatoms. The third kappa shape index (κ3) is 3.70. The molecule has 0 atom stereocenters. The summed E-state index contributed by atoms with van der Waals surface area (Å²) in [5.41, 5.74) is 3.66. The van der Waals surface area contributed by atoms with E-state index in [1.807, 2.05) is 30.3 Å². The first-order chi connectivity index (χ1) is 14.3. The van der Waals surface area contributed by atoms with Crippen LogP contribution in [0.1, 0.15) is 34.6 Å². The number of amides is 1. The van der Waals surface area contributed by atoms with Crippen molar-refractivity contribution >= 4 is 11.7 Å². The van der Waals surface area contributed by atoms with E-state index >= 15 is 0 Å². The van der Waals surface area contributed by atoms with Crippen molar-refractivity contribution in [1.82, 2.24) is 30.5 Å². The lowest BCUT2D eigenvalue weighted by Gasteiger charge is -2.40. The summed E-state index contributed by atoms with van der Waals surface area (Å²) < 4.78 is 0. The fourth-order valence-electron chi connectivity index (χ4n) is 3.90. The van der Waals surface area contributed by atoms with Crippen molar-refractivity contribution in [2.24, 2.45) is 5.92 Å². The summed E-state index contributed by atoms with van der Waals surface area (Å²) in [6.45, 7) is 2.38. The normalized spacial score (nSPS) is 16.2. The van der Waals surface area contributed by atoms with Crippen molar-refractivity contribution in [3.05, 3.63) is 59.5 Å². The number of aryl methyl sites for hydroxylation is 2. The van der Waals surface area contributed by atoms with Gasteiger partial charge in [-0.2, -0.15) is 15.0 Å². The Kier molecular flexibility index (Phi) is 4.67. The van der Waals surface area contributed by atoms with Crippen LogP contribution in [0.15, 0.2) is 42.6 Å². The molecular weight excluding hydrogens is 366 g/mol. The molecule has 8 nitrogen and oxygen atoms in total. The van der Waals surface area contributed by atoms with Crippen LogP contribution < -0.4 is 10.2 Å². The summed E-state index contributed by atoms with van der Waals surface area (Å²) in [7, 11) is 0. The zero-order chi connectivity index (χ0) is 19.6. The molecule has 1 amide bonds. The van der Waals surface area contributed by atoms with Crippen LogP contribution in [0.5, 0.6) is 0 Å². The van der Waals surface area contributed by atoms with Crippen LogP contribution in [0, 0.1) is 5.92 Å². The highest BCUT2D eigenvalue weighted by atomic mass is 16.2. The van der Waals surface area contributed by atoms with Gasteiger partial charge in [-0.05, 0) is 49.4 Å². The van der Waals surface area contributed by atoms with E-state index in [0.29, 0.717) is 18.2 Å². The number of carbonyl (C=O) groups excluding carboxylic acids is 1. The Balaban J connectivity index is 1.13. The Morgan fingerprint density at radius 3 is 2.79 bits per heavy atom. The van der Waals surface area contributed by atoms with Crippen molar-refractivity contribution in [3.8, 4) is 5.69 Å². The fourth-order valence-corrected chi connectivity index (χ4v) is 3.90. The van der Waals surface area contributed by atoms with E-state index < -0.39 is 0 Å². The molecule has 148 valence electrons. The number of hydrogen-bond donors (Lipinski definition) is 1. The van der Waals surface area contributed by atoms with Crippen molar-refractivity contribution in [3.63, 3.8) is 0 Å². The third-order valence-electron chi connectivity index (χ3n) is 5.60. The van der Waals surface area contributed by atoms with Gasteiger partial charge in [0.2, 0.25) is 0 Å². The molecule has 2 aliphatic rings. The Morgan fingerprint density at radius 1 is 1.10 bits per heavy atom. The lowest BCUT2D eigenvalue weighted by molar-refractivity contribution is 0.0939. The molecule has 3 heterocycles. The molecule has 1 saturated heterocycles. The van der Waals surface area contributed by atoms with E-state index in [0.717, 1.165) is 43.1 Å². The van der Waals surface area contributed by atoms with Gasteiger partial charge in [0.05, 0.1) is 17.6 Å². The van der Waals surface area contributed by atoms with Gasteiger partial charge in [0.15, 0.2) is 11.5 Å². The van der Waals surface area contributed by atoms with Crippen LogP contribution in [0.3, 0.4) is 0 Å². The third-order valence-corrected chi connectivity index (χ3v) is 5.60. The molecule has 1 fully saturated rings. The van der Waals surface area contributed by atoms with E-state index in [2.05, 4.69) is 36.7 Å². The summed E-state index contributed by atoms with van der Waals surface area (Å²) in [4.78, 5) is 16.1. The lowest BCUT2D eigenvalue weighted by Crippen LogP contribution is -2.52. The number of nitrogens with one attached hydrogen (secondary N) is 1. The van der Waals surface area contributed by atoms with Gasteiger partial charge in [-0.3, -0.25) is 4.79 Å². The predicted octanol–water partition coefficient (Wildman–Crippen LogP) is 1.80. The second-order valence-electron chi connectivity index (χ2n) is 7.72. The van der Waals surface area contributed by atoms with Gasteiger partial charge in [-0.15, -0.1) is 10.2 Å². The molecular formula is C21H23N7O. The topological polar surface area (TPSA) is 88.8 Å². The highest BCUT2D eigenvalue weighted by Crippen LogP contribution is 2.26. The summed E-state index contributed by atoms with van der Waals surface area (Å²) in [6.07, 6.45) is 6.10. The number of hydrogen-bond acceptors (Lipinski definition) is 6. The first kappa shape index (κ1) is 17.8. The van der Waals surface area contributed by atoms with Gasteiger partial charge in [0.1, 0.15) is 0 Å². The average molecular weight is 389 g/mol. The molecule has 3 aromatic rings. The minimum Gasteiger partial charge on any atom is -0.354 e.